The molecule has 5 heteroatoms. The van der Waals surface area contributed by atoms with Crippen LogP contribution in [0.25, 0.3) is 0 Å². The minimum Gasteiger partial charge on any atom is -0.497 e. The van der Waals surface area contributed by atoms with Crippen molar-refractivity contribution in [2.75, 3.05) is 14.2 Å². The molecule has 1 aliphatic heterocycles. The molecule has 0 bridgehead atoms. The minimum absolute atomic E-state index is 0. The standard InChI is InChI=1S/C19H22N2O2.ClH/c1-21(13-14-7-9-17(23-2)10-8-14)19(22)18-11-15-5-3-4-6-16(15)12-20-18;/h3-10,18,20H,11-13H2,1-2H3;1H. The van der Waals surface area contributed by atoms with Crippen LogP contribution in [0.3, 0.4) is 0 Å². The van der Waals surface area contributed by atoms with Crippen molar-refractivity contribution < 1.29 is 9.53 Å². The van der Waals surface area contributed by atoms with Crippen LogP contribution in [-0.2, 0) is 24.3 Å². The third-order valence-corrected chi connectivity index (χ3v) is 4.33. The van der Waals surface area contributed by atoms with Crippen LogP contribution in [0.15, 0.2) is 48.5 Å². The van der Waals surface area contributed by atoms with Gasteiger partial charge in [0.25, 0.3) is 0 Å². The van der Waals surface area contributed by atoms with Gasteiger partial charge in [-0.1, -0.05) is 36.4 Å². The van der Waals surface area contributed by atoms with Crippen LogP contribution < -0.4 is 10.1 Å². The summed E-state index contributed by atoms with van der Waals surface area (Å²) >= 11 is 0. The Morgan fingerprint density at radius 1 is 1.17 bits per heavy atom. The van der Waals surface area contributed by atoms with E-state index in [2.05, 4.69) is 17.4 Å². The summed E-state index contributed by atoms with van der Waals surface area (Å²) in [6.07, 6.45) is 0.752. The van der Waals surface area contributed by atoms with E-state index < -0.39 is 0 Å². The summed E-state index contributed by atoms with van der Waals surface area (Å²) < 4.78 is 5.16. The van der Waals surface area contributed by atoms with Gasteiger partial charge in [-0.25, -0.2) is 0 Å². The molecule has 0 aromatic heterocycles. The number of ether oxygens (including phenoxy) is 1. The molecule has 1 unspecified atom stereocenters. The Hall–Kier alpha value is -2.04. The van der Waals surface area contributed by atoms with Gasteiger partial charge >= 0.3 is 0 Å². The van der Waals surface area contributed by atoms with Crippen molar-refractivity contribution in [1.82, 2.24) is 10.2 Å². The summed E-state index contributed by atoms with van der Waals surface area (Å²) in [7, 11) is 3.51. The lowest BCUT2D eigenvalue weighted by Gasteiger charge is -2.29. The fraction of sp³-hybridized carbons (Fsp3) is 0.316. The normalized spacial score (nSPS) is 15.8. The number of rotatable bonds is 4. The fourth-order valence-corrected chi connectivity index (χ4v) is 2.98. The smallest absolute Gasteiger partial charge is 0.240 e. The van der Waals surface area contributed by atoms with E-state index in [4.69, 9.17) is 4.74 Å². The van der Waals surface area contributed by atoms with Crippen molar-refractivity contribution in [2.24, 2.45) is 0 Å². The Bertz CT molecular complexity index is 688. The first-order valence-electron chi connectivity index (χ1n) is 7.85. The molecule has 2 aromatic rings. The number of halogens is 1. The number of carbonyl (C=O) groups is 1. The van der Waals surface area contributed by atoms with E-state index in [9.17, 15) is 4.79 Å². The third-order valence-electron chi connectivity index (χ3n) is 4.33. The number of methoxy groups -OCH3 is 1. The number of nitrogens with one attached hydrogen (secondary N) is 1. The predicted octanol–water partition coefficient (Wildman–Crippen LogP) is 2.79. The van der Waals surface area contributed by atoms with Gasteiger partial charge in [0.2, 0.25) is 5.91 Å². The van der Waals surface area contributed by atoms with Gasteiger partial charge in [0.15, 0.2) is 0 Å². The molecule has 0 saturated carbocycles. The maximum atomic E-state index is 12.7. The van der Waals surface area contributed by atoms with Crippen molar-refractivity contribution >= 4 is 18.3 Å². The van der Waals surface area contributed by atoms with Gasteiger partial charge < -0.3 is 15.0 Å². The monoisotopic (exact) mass is 346 g/mol. The lowest BCUT2D eigenvalue weighted by atomic mass is 9.95. The van der Waals surface area contributed by atoms with Gasteiger partial charge in [-0.15, -0.1) is 12.4 Å². The van der Waals surface area contributed by atoms with Crippen molar-refractivity contribution in [2.45, 2.75) is 25.6 Å². The minimum atomic E-state index is -0.145. The number of hydrogen-bond acceptors (Lipinski definition) is 3. The molecule has 0 saturated heterocycles. The summed E-state index contributed by atoms with van der Waals surface area (Å²) in [6.45, 7) is 1.35. The van der Waals surface area contributed by atoms with E-state index in [-0.39, 0.29) is 24.4 Å². The molecule has 0 fully saturated rings. The van der Waals surface area contributed by atoms with E-state index in [0.29, 0.717) is 6.54 Å². The Labute approximate surface area is 149 Å². The van der Waals surface area contributed by atoms with E-state index >= 15 is 0 Å². The molecule has 1 atom stereocenters. The third kappa shape index (κ3) is 4.08. The van der Waals surface area contributed by atoms with Crippen molar-refractivity contribution in [3.63, 3.8) is 0 Å². The Morgan fingerprint density at radius 3 is 2.50 bits per heavy atom. The summed E-state index contributed by atoms with van der Waals surface area (Å²) in [5, 5.41) is 3.35. The maximum Gasteiger partial charge on any atom is 0.240 e. The molecule has 0 aliphatic carbocycles. The number of fused-ring (bicyclic) bond motifs is 1. The average molecular weight is 347 g/mol. The van der Waals surface area contributed by atoms with Crippen LogP contribution in [0.1, 0.15) is 16.7 Å². The van der Waals surface area contributed by atoms with E-state index in [1.807, 2.05) is 43.4 Å². The molecule has 1 aliphatic rings. The average Bonchev–Trinajstić information content (AvgIpc) is 2.61. The van der Waals surface area contributed by atoms with Crippen LogP contribution in [0.5, 0.6) is 5.75 Å². The summed E-state index contributed by atoms with van der Waals surface area (Å²) in [5.74, 6) is 0.962. The largest absolute Gasteiger partial charge is 0.497 e. The number of amides is 1. The highest BCUT2D eigenvalue weighted by Crippen LogP contribution is 2.18. The second-order valence-electron chi connectivity index (χ2n) is 5.95. The zero-order valence-corrected chi connectivity index (χ0v) is 14.8. The molecule has 1 N–H and O–H groups in total. The van der Waals surface area contributed by atoms with E-state index in [0.717, 1.165) is 24.3 Å². The van der Waals surface area contributed by atoms with Crippen LogP contribution in [-0.4, -0.2) is 31.0 Å². The Balaban J connectivity index is 0.00000208. The topological polar surface area (TPSA) is 41.6 Å². The van der Waals surface area contributed by atoms with Crippen molar-refractivity contribution in [3.8, 4) is 5.75 Å². The highest BCUT2D eigenvalue weighted by atomic mass is 35.5. The zero-order valence-electron chi connectivity index (χ0n) is 14.0. The van der Waals surface area contributed by atoms with E-state index in [1.165, 1.54) is 11.1 Å². The number of likely N-dealkylation sites (N-methyl/N-ethyl adjacent to an activating group) is 1. The molecular formula is C19H23ClN2O2. The van der Waals surface area contributed by atoms with Crippen LogP contribution in [0.4, 0.5) is 0 Å². The number of hydrogen-bond donors (Lipinski definition) is 1. The first-order valence-corrected chi connectivity index (χ1v) is 7.85. The highest BCUT2D eigenvalue weighted by Gasteiger charge is 2.26. The summed E-state index contributed by atoms with van der Waals surface area (Å²) in [4.78, 5) is 14.5. The number of benzene rings is 2. The fourth-order valence-electron chi connectivity index (χ4n) is 2.98. The van der Waals surface area contributed by atoms with Gasteiger partial charge in [-0.05, 0) is 35.2 Å². The first kappa shape index (κ1) is 18.3. The Morgan fingerprint density at radius 2 is 1.83 bits per heavy atom. The molecule has 24 heavy (non-hydrogen) atoms. The lowest BCUT2D eigenvalue weighted by Crippen LogP contribution is -2.48. The second-order valence-corrected chi connectivity index (χ2v) is 5.95. The summed E-state index contributed by atoms with van der Waals surface area (Å²) in [5.41, 5.74) is 3.65. The second kappa shape index (κ2) is 8.18. The van der Waals surface area contributed by atoms with E-state index in [1.54, 1.807) is 12.0 Å². The number of carbonyl (C=O) groups excluding carboxylic acids is 1. The Kier molecular flexibility index (Phi) is 6.23. The van der Waals surface area contributed by atoms with Gasteiger partial charge in [0.1, 0.15) is 5.75 Å². The SMILES string of the molecule is COc1ccc(CN(C)C(=O)C2Cc3ccccc3CN2)cc1.Cl. The van der Waals surface area contributed by atoms with Crippen molar-refractivity contribution in [1.29, 1.82) is 0 Å². The van der Waals surface area contributed by atoms with Gasteiger partial charge in [-0.3, -0.25) is 4.79 Å². The van der Waals surface area contributed by atoms with Crippen LogP contribution in [0, 0.1) is 0 Å². The van der Waals surface area contributed by atoms with Gasteiger partial charge in [-0.2, -0.15) is 0 Å². The van der Waals surface area contributed by atoms with Crippen LogP contribution in [0.2, 0.25) is 0 Å². The predicted molar refractivity (Wildman–Crippen MR) is 97.5 cm³/mol. The molecule has 2 aromatic carbocycles. The molecule has 4 nitrogen and oxygen atoms in total. The molecule has 0 radical (unpaired) electrons. The molecule has 3 rings (SSSR count). The zero-order chi connectivity index (χ0) is 16.2. The van der Waals surface area contributed by atoms with Gasteiger partial charge in [0, 0.05) is 20.1 Å². The van der Waals surface area contributed by atoms with Crippen LogP contribution >= 0.6 is 12.4 Å². The molecule has 1 heterocycles. The van der Waals surface area contributed by atoms with Crippen molar-refractivity contribution in [3.05, 3.63) is 65.2 Å². The summed E-state index contributed by atoms with van der Waals surface area (Å²) in [6, 6.07) is 16.0. The quantitative estimate of drug-likeness (QED) is 0.925. The molecule has 1 amide bonds. The molecule has 128 valence electrons. The highest BCUT2D eigenvalue weighted by molar-refractivity contribution is 5.85. The molecular weight excluding hydrogens is 324 g/mol. The van der Waals surface area contributed by atoms with Gasteiger partial charge in [0.05, 0.1) is 13.2 Å². The lowest BCUT2D eigenvalue weighted by molar-refractivity contribution is -0.132. The molecule has 0 spiro atoms. The number of nitrogens with zero attached hydrogens (tertiary/aromatic N) is 1. The first-order chi connectivity index (χ1) is 11.2. The maximum absolute atomic E-state index is 12.7.